The molecule has 0 amide bonds. The minimum atomic E-state index is -4.85. The van der Waals surface area contributed by atoms with Crippen LogP contribution in [0.2, 0.25) is 0 Å². The van der Waals surface area contributed by atoms with Gasteiger partial charge >= 0.3 is 0 Å². The smallest absolute Gasteiger partial charge is 0.268 e. The molecule has 7 aromatic carbocycles. The van der Waals surface area contributed by atoms with Crippen LogP contribution in [0.4, 0.5) is 0 Å². The summed E-state index contributed by atoms with van der Waals surface area (Å²) in [6.07, 6.45) is -17.9. The number of hydrogen-bond acceptors (Lipinski definition) is 2. The second kappa shape index (κ2) is 19.3. The summed E-state index contributed by atoms with van der Waals surface area (Å²) in [5.41, 5.74) is -29.0. The maximum absolute atomic E-state index is 10.5. The van der Waals surface area contributed by atoms with Gasteiger partial charge in [-0.25, -0.2) is 4.98 Å². The second-order valence-corrected chi connectivity index (χ2v) is 21.8. The molecular weight excluding hydrogens is 1140 g/mol. The summed E-state index contributed by atoms with van der Waals surface area (Å²) in [6, 6.07) is 23.5. The maximum Gasteiger partial charge on any atom is 0.268 e. The van der Waals surface area contributed by atoms with E-state index in [1.165, 1.54) is 28.8 Å². The largest absolute Gasteiger partial charge is 0.510 e. The quantitative estimate of drug-likeness (QED) is 0.112. The first-order chi connectivity index (χ1) is 52.0. The Balaban J connectivity index is 0.0000132. The molecule has 2 aliphatic carbocycles. The van der Waals surface area contributed by atoms with Crippen molar-refractivity contribution in [3.63, 3.8) is 0 Å². The number of pyridine rings is 1. The first kappa shape index (κ1) is 25.9. The molecule has 0 N–H and O–H groups in total. The van der Waals surface area contributed by atoms with Crippen molar-refractivity contribution in [2.24, 2.45) is 0 Å². The van der Waals surface area contributed by atoms with Crippen molar-refractivity contribution in [1.82, 2.24) is 14.1 Å². The Bertz CT molecular complexity index is 5430. The van der Waals surface area contributed by atoms with E-state index in [1.54, 1.807) is 24.4 Å². The predicted molar refractivity (Wildman–Crippen MR) is 323 cm³/mol. The van der Waals surface area contributed by atoms with Gasteiger partial charge in [-0.2, -0.15) is 18.2 Å². The summed E-state index contributed by atoms with van der Waals surface area (Å²) >= 11 is 0. The van der Waals surface area contributed by atoms with Crippen molar-refractivity contribution in [3.8, 4) is 50.9 Å². The van der Waals surface area contributed by atoms with E-state index < -0.39 is 193 Å². The Hall–Kier alpha value is -6.55. The number of imidazole rings is 1. The van der Waals surface area contributed by atoms with Crippen LogP contribution in [0.5, 0.6) is 11.5 Å². The zero-order valence-corrected chi connectivity index (χ0v) is 46.2. The number of hydrogen-bond donors (Lipinski definition) is 0. The molecule has 2 aliphatic rings. The zero-order valence-electron chi connectivity index (χ0n) is 80.9. The van der Waals surface area contributed by atoms with Crippen LogP contribution in [0.15, 0.2) is 146 Å². The van der Waals surface area contributed by atoms with Crippen LogP contribution in [-0.4, -0.2) is 14.1 Å². The van der Waals surface area contributed by atoms with Gasteiger partial charge in [-0.05, 0) is 155 Å². The molecule has 0 saturated heterocycles. The van der Waals surface area contributed by atoms with Gasteiger partial charge in [0.25, 0.3) is 6.33 Å². The minimum absolute atomic E-state index is 0. The van der Waals surface area contributed by atoms with Crippen LogP contribution in [0.25, 0.3) is 72.3 Å². The van der Waals surface area contributed by atoms with Crippen LogP contribution in [0.1, 0.15) is 212 Å². The monoisotopic (exact) mass is 1260 g/mol. The average molecular weight is 1260 g/mol. The number of ether oxygens (including phenoxy) is 1. The topological polar surface area (TPSA) is 35.9 Å². The number of fused-ring (bicyclic) bond motifs is 6. The van der Waals surface area contributed by atoms with E-state index in [1.807, 2.05) is 67.8 Å². The predicted octanol–water partition coefficient (Wildman–Crippen LogP) is 18.6. The Morgan fingerprint density at radius 2 is 1.28 bits per heavy atom. The average Bonchev–Trinajstić information content (AvgIpc) is 0.675. The first-order valence-electron chi connectivity index (χ1n) is 43.6. The van der Waals surface area contributed by atoms with Gasteiger partial charge in [0.15, 0.2) is 0 Å². The molecule has 0 aliphatic heterocycles. The number of para-hydroxylation sites is 2. The Morgan fingerprint density at radius 3 is 1.96 bits per heavy atom. The van der Waals surface area contributed by atoms with E-state index in [2.05, 4.69) is 39.2 Å². The molecule has 0 fully saturated rings. The van der Waals surface area contributed by atoms with Crippen LogP contribution in [0, 0.1) is 18.5 Å². The van der Waals surface area contributed by atoms with Gasteiger partial charge in [0.05, 0.1) is 24.9 Å². The number of benzene rings is 7. The number of rotatable bonds is 8. The van der Waals surface area contributed by atoms with Crippen LogP contribution in [-0.2, 0) is 53.6 Å². The minimum Gasteiger partial charge on any atom is -0.510 e. The van der Waals surface area contributed by atoms with Crippen molar-refractivity contribution in [3.05, 3.63) is 197 Å². The van der Waals surface area contributed by atoms with Gasteiger partial charge in [0.2, 0.25) is 0 Å². The van der Waals surface area contributed by atoms with Crippen LogP contribution < -0.4 is 9.30 Å². The van der Waals surface area contributed by atoms with E-state index >= 15 is 0 Å². The van der Waals surface area contributed by atoms with Crippen molar-refractivity contribution >= 4 is 32.8 Å². The molecule has 3 aromatic heterocycles. The van der Waals surface area contributed by atoms with Crippen LogP contribution in [0.3, 0.4) is 0 Å². The summed E-state index contributed by atoms with van der Waals surface area (Å²) in [5, 5.41) is 1.62. The van der Waals surface area contributed by atoms with E-state index in [0.29, 0.717) is 23.8 Å². The van der Waals surface area contributed by atoms with Crippen molar-refractivity contribution < 1.29 is 81.1 Å². The third kappa shape index (κ3) is 9.40. The van der Waals surface area contributed by atoms with Gasteiger partial charge < -0.3 is 13.9 Å². The molecular formula is C73H76N4OPt-2. The molecule has 0 spiro atoms. The number of nitrogens with zero attached hydrogens (tertiary/aromatic N) is 4. The van der Waals surface area contributed by atoms with Gasteiger partial charge in [0.1, 0.15) is 5.82 Å². The summed E-state index contributed by atoms with van der Waals surface area (Å²) in [6.45, 7) is -19.5. The maximum atomic E-state index is 10.5. The summed E-state index contributed by atoms with van der Waals surface area (Å²) in [5.74, 6) is 0.701. The molecule has 406 valence electrons. The molecule has 79 heavy (non-hydrogen) atoms. The fraction of sp³-hybridized carbons (Fsp3) is 0.342. The Labute approximate surface area is 536 Å². The molecule has 5 nitrogen and oxygen atoms in total. The number of aromatic nitrogens is 4. The molecule has 6 heteroatoms. The van der Waals surface area contributed by atoms with E-state index in [0.717, 1.165) is 44.6 Å². The normalized spacial score (nSPS) is 28.3. The standard InChI is InChI=1S/C73H76N4O.Pt/c1-15-73(14)38-37-72(12,13)61-41-48(27-32-59(61)73)55-24-19-23-54(47-26-31-58-60(40-47)71(10,11)36-35-70(58,8)9)67(55)76-46-75(65-42-49(68(2,3)4)28-33-63(65)76)51-20-18-21-52(44-51)78-53-29-30-57-56-22-16-17-25-62(56)77(64(57)45-53)66-43-50(34-39-74-66)69(5,6)7;/h16-34,39-43H,15,35-38H2,1-14H3;/q-2;/i8D3,9D3,10D3,11D3,12D3,13D3,14D3,15D2,26D,27D,31D,32D,35D2,36D2,37D2,38D2,40D,41D;. The molecule has 3 heterocycles. The fourth-order valence-corrected chi connectivity index (χ4v) is 10.1. The first-order valence-corrected chi connectivity index (χ1v) is 25.1. The molecule has 1 atom stereocenters. The van der Waals surface area contributed by atoms with Crippen molar-refractivity contribution in [1.29, 1.82) is 0 Å². The molecule has 12 rings (SSSR count). The van der Waals surface area contributed by atoms with Crippen LogP contribution >= 0.6 is 0 Å². The Morgan fingerprint density at radius 1 is 0.646 bits per heavy atom. The van der Waals surface area contributed by atoms with Gasteiger partial charge in [-0.15, -0.1) is 29.7 Å². The van der Waals surface area contributed by atoms with Gasteiger partial charge in [0, 0.05) is 86.8 Å². The third-order valence-electron chi connectivity index (χ3n) is 14.3. The Kier molecular flexibility index (Phi) is 6.34. The van der Waals surface area contributed by atoms with Gasteiger partial charge in [-0.3, -0.25) is 4.57 Å². The second-order valence-electron chi connectivity index (χ2n) is 21.8. The van der Waals surface area contributed by atoms with E-state index in [9.17, 15) is 21.9 Å². The van der Waals surface area contributed by atoms with Crippen molar-refractivity contribution in [2.75, 3.05) is 0 Å². The molecule has 0 radical (unpaired) electrons. The SMILES string of the molecule is [2H]c1c([2H])c2c(c([2H])c1-c1cccc(-c3c([2H])c([2H])c4c(c3[2H])C(C([2H])([2H])[2H])(C([2H])([2H])[2H])C([2H])([2H])C([2H])([2H])C4(C([2H])([2H])[2H])C([2H])([2H])C)c1-[n+]1[c-]n(-c3[c-]c(Oc4[c-]c5c(cc4)c4ccccc4n5-c4cc(C(C)(C)C)ccn4)ccc3)c3cc(C(C)(C)C)ccc31)C(C([2H])([2H])[2H])(C([2H])([2H])[2H])C([2H])([2H])C([2H])([2H])C2(C([2H])([2H])[2H])C([2H])([2H])[2H].[Pt]. The molecule has 0 saturated carbocycles. The van der Waals surface area contributed by atoms with E-state index in [-0.39, 0.29) is 54.7 Å². The molecule has 0 bridgehead atoms. The van der Waals surface area contributed by atoms with Gasteiger partial charge in [-0.1, -0.05) is 187 Å². The fourth-order valence-electron chi connectivity index (χ4n) is 10.1. The molecule has 10 aromatic rings. The summed E-state index contributed by atoms with van der Waals surface area (Å²) < 4.78 is 358. The molecule has 1 unspecified atom stereocenters. The van der Waals surface area contributed by atoms with E-state index in [4.69, 9.17) is 38.5 Å². The zero-order chi connectivity index (χ0) is 86.6. The van der Waals surface area contributed by atoms with Crippen molar-refractivity contribution in [2.45, 2.75) is 161 Å². The summed E-state index contributed by atoms with van der Waals surface area (Å²) in [7, 11) is 0. The summed E-state index contributed by atoms with van der Waals surface area (Å²) in [4.78, 5) is 4.77. The third-order valence-corrected chi connectivity index (χ3v) is 14.3.